The largest absolute Gasteiger partial charge is 0.493 e. The lowest BCUT2D eigenvalue weighted by Gasteiger charge is -2.23. The molecule has 29 heavy (non-hydrogen) atoms. The average molecular weight is 417 g/mol. The van der Waals surface area contributed by atoms with Crippen LogP contribution in [-0.2, 0) is 14.6 Å². The first-order valence-corrected chi connectivity index (χ1v) is 11.4. The molecule has 2 N–H and O–H groups in total. The van der Waals surface area contributed by atoms with Gasteiger partial charge >= 0.3 is 0 Å². The van der Waals surface area contributed by atoms with E-state index in [1.807, 2.05) is 6.92 Å². The number of hydrogen-bond acceptors (Lipinski definition) is 5. The van der Waals surface area contributed by atoms with Gasteiger partial charge in [-0.3, -0.25) is 4.79 Å². The average Bonchev–Trinajstić information content (AvgIpc) is 2.73. The van der Waals surface area contributed by atoms with E-state index >= 15 is 0 Å². The zero-order chi connectivity index (χ0) is 20.9. The molecule has 7 heteroatoms. The van der Waals surface area contributed by atoms with Gasteiger partial charge in [0, 0.05) is 6.04 Å². The van der Waals surface area contributed by atoms with Crippen molar-refractivity contribution in [2.24, 2.45) is 0 Å². The molecule has 2 aromatic carbocycles. The van der Waals surface area contributed by atoms with Gasteiger partial charge in [0.1, 0.15) is 4.90 Å². The lowest BCUT2D eigenvalue weighted by Crippen LogP contribution is -2.39. The summed E-state index contributed by atoms with van der Waals surface area (Å²) in [6.45, 7) is 1.87. The Labute approximate surface area is 172 Å². The van der Waals surface area contributed by atoms with Crippen LogP contribution >= 0.6 is 0 Å². The number of rotatable bonds is 7. The van der Waals surface area contributed by atoms with E-state index in [1.165, 1.54) is 13.5 Å². The van der Waals surface area contributed by atoms with Crippen LogP contribution in [-0.4, -0.2) is 34.0 Å². The number of ether oxygens (including phenoxy) is 1. The zero-order valence-electron chi connectivity index (χ0n) is 16.9. The van der Waals surface area contributed by atoms with Crippen LogP contribution in [0.4, 0.5) is 5.69 Å². The second kappa shape index (κ2) is 9.31. The molecular weight excluding hydrogens is 388 g/mol. The van der Waals surface area contributed by atoms with E-state index in [0.717, 1.165) is 31.2 Å². The van der Waals surface area contributed by atoms with Crippen LogP contribution in [0.15, 0.2) is 52.3 Å². The molecule has 1 aliphatic rings. The maximum Gasteiger partial charge on any atom is 0.239 e. The third-order valence-corrected chi connectivity index (χ3v) is 6.93. The smallest absolute Gasteiger partial charge is 0.239 e. The lowest BCUT2D eigenvalue weighted by atomic mass is 9.95. The highest BCUT2D eigenvalue weighted by atomic mass is 32.2. The fourth-order valence-electron chi connectivity index (χ4n) is 3.71. The number of aryl methyl sites for hydroxylation is 1. The minimum Gasteiger partial charge on any atom is -0.493 e. The normalized spacial score (nSPS) is 15.0. The van der Waals surface area contributed by atoms with Crippen LogP contribution in [0.3, 0.4) is 0 Å². The van der Waals surface area contributed by atoms with E-state index < -0.39 is 9.84 Å². The summed E-state index contributed by atoms with van der Waals surface area (Å²) in [5, 5.41) is 6.11. The van der Waals surface area contributed by atoms with Gasteiger partial charge in [0.15, 0.2) is 5.75 Å². The Kier molecular flexibility index (Phi) is 6.79. The van der Waals surface area contributed by atoms with Crippen molar-refractivity contribution in [3.63, 3.8) is 0 Å². The van der Waals surface area contributed by atoms with Gasteiger partial charge in [0.25, 0.3) is 0 Å². The van der Waals surface area contributed by atoms with E-state index in [-0.39, 0.29) is 34.0 Å². The summed E-state index contributed by atoms with van der Waals surface area (Å²) in [6, 6.07) is 11.9. The predicted octanol–water partition coefficient (Wildman–Crippen LogP) is 3.70. The first-order valence-electron chi connectivity index (χ1n) is 9.94. The van der Waals surface area contributed by atoms with Crippen LogP contribution in [0, 0.1) is 6.92 Å². The molecule has 0 aliphatic heterocycles. The van der Waals surface area contributed by atoms with E-state index in [2.05, 4.69) is 10.6 Å². The first kappa shape index (κ1) is 21.2. The van der Waals surface area contributed by atoms with Crippen molar-refractivity contribution in [2.75, 3.05) is 19.0 Å². The summed E-state index contributed by atoms with van der Waals surface area (Å²) in [4.78, 5) is 12.6. The highest BCUT2D eigenvalue weighted by Gasteiger charge is 2.25. The van der Waals surface area contributed by atoms with E-state index in [0.29, 0.717) is 5.69 Å². The molecule has 0 aromatic heterocycles. The fraction of sp³-hybridized carbons (Fsp3) is 0.409. The molecule has 1 saturated carbocycles. The first-order chi connectivity index (χ1) is 13.9. The molecule has 1 aliphatic carbocycles. The molecule has 0 spiro atoms. The molecule has 0 unspecified atom stereocenters. The molecule has 1 fully saturated rings. The molecule has 2 aromatic rings. The van der Waals surface area contributed by atoms with Gasteiger partial charge in [-0.25, -0.2) is 8.42 Å². The van der Waals surface area contributed by atoms with Crippen LogP contribution in [0.25, 0.3) is 0 Å². The summed E-state index contributed by atoms with van der Waals surface area (Å²) in [5.74, 6) is 0.109. The summed E-state index contributed by atoms with van der Waals surface area (Å²) >= 11 is 0. The van der Waals surface area contributed by atoms with E-state index in [1.54, 1.807) is 42.5 Å². The predicted molar refractivity (Wildman–Crippen MR) is 113 cm³/mol. The molecule has 156 valence electrons. The summed E-state index contributed by atoms with van der Waals surface area (Å²) in [7, 11) is -2.32. The molecule has 0 heterocycles. The van der Waals surface area contributed by atoms with Crippen molar-refractivity contribution < 1.29 is 17.9 Å². The third kappa shape index (κ3) is 5.09. The minimum absolute atomic E-state index is 0.0567. The Hall–Kier alpha value is -2.54. The second-order valence-electron chi connectivity index (χ2n) is 7.42. The van der Waals surface area contributed by atoms with E-state index in [4.69, 9.17) is 4.74 Å². The topological polar surface area (TPSA) is 84.5 Å². The maximum absolute atomic E-state index is 13.1. The van der Waals surface area contributed by atoms with Crippen molar-refractivity contribution in [1.82, 2.24) is 5.32 Å². The number of methoxy groups -OCH3 is 1. The Morgan fingerprint density at radius 1 is 1.10 bits per heavy atom. The number of amides is 1. The number of carbonyl (C=O) groups is 1. The van der Waals surface area contributed by atoms with Gasteiger partial charge in [-0.2, -0.15) is 0 Å². The monoisotopic (exact) mass is 416 g/mol. The molecular formula is C22H28N2O4S. The van der Waals surface area contributed by atoms with E-state index in [9.17, 15) is 13.2 Å². The number of anilines is 1. The van der Waals surface area contributed by atoms with Gasteiger partial charge in [0.2, 0.25) is 15.7 Å². The van der Waals surface area contributed by atoms with Gasteiger partial charge in [-0.1, -0.05) is 37.5 Å². The van der Waals surface area contributed by atoms with Gasteiger partial charge < -0.3 is 15.4 Å². The Bertz CT molecular complexity index is 952. The Morgan fingerprint density at radius 2 is 1.79 bits per heavy atom. The number of benzene rings is 2. The Balaban J connectivity index is 1.82. The molecule has 0 bridgehead atoms. The SMILES string of the molecule is COc1c(NCC(=O)NC2CCCCC2)cc(C)cc1S(=O)(=O)c1ccccc1. The highest BCUT2D eigenvalue weighted by molar-refractivity contribution is 7.91. The quantitative estimate of drug-likeness (QED) is 0.719. The third-order valence-electron chi connectivity index (χ3n) is 5.16. The van der Waals surface area contributed by atoms with Crippen LogP contribution < -0.4 is 15.4 Å². The van der Waals surface area contributed by atoms with Crippen molar-refractivity contribution >= 4 is 21.4 Å². The second-order valence-corrected chi connectivity index (χ2v) is 9.33. The number of sulfone groups is 1. The highest BCUT2D eigenvalue weighted by Crippen LogP contribution is 2.36. The molecule has 0 radical (unpaired) electrons. The molecule has 0 atom stereocenters. The van der Waals surface area contributed by atoms with Crippen LogP contribution in [0.2, 0.25) is 0 Å². The van der Waals surface area contributed by atoms with Crippen LogP contribution in [0.5, 0.6) is 5.75 Å². The van der Waals surface area contributed by atoms with Crippen molar-refractivity contribution in [1.29, 1.82) is 0 Å². The summed E-state index contributed by atoms with van der Waals surface area (Å²) in [6.07, 6.45) is 5.54. The molecule has 1 amide bonds. The van der Waals surface area contributed by atoms with Crippen LogP contribution in [0.1, 0.15) is 37.7 Å². The molecule has 0 saturated heterocycles. The molecule has 6 nitrogen and oxygen atoms in total. The number of hydrogen-bond donors (Lipinski definition) is 2. The summed E-state index contributed by atoms with van der Waals surface area (Å²) in [5.41, 5.74) is 1.25. The number of carbonyl (C=O) groups excluding carboxylic acids is 1. The van der Waals surface area contributed by atoms with Gasteiger partial charge in [-0.05, 0) is 49.6 Å². The zero-order valence-corrected chi connectivity index (χ0v) is 17.7. The van der Waals surface area contributed by atoms with Gasteiger partial charge in [0.05, 0.1) is 24.2 Å². The standard InChI is InChI=1S/C22H28N2O4S/c1-16-13-19(23-15-21(25)24-17-9-5-3-6-10-17)22(28-2)20(14-16)29(26,27)18-11-7-4-8-12-18/h4,7-8,11-14,17,23H,3,5-6,9-10,15H2,1-2H3,(H,24,25). The fourth-order valence-corrected chi connectivity index (χ4v) is 5.26. The molecule has 3 rings (SSSR count). The van der Waals surface area contributed by atoms with Crippen molar-refractivity contribution in [3.05, 3.63) is 48.0 Å². The minimum atomic E-state index is -3.75. The maximum atomic E-state index is 13.1. The van der Waals surface area contributed by atoms with Crippen molar-refractivity contribution in [3.8, 4) is 5.75 Å². The summed E-state index contributed by atoms with van der Waals surface area (Å²) < 4.78 is 31.7. The Morgan fingerprint density at radius 3 is 2.45 bits per heavy atom. The number of nitrogens with one attached hydrogen (secondary N) is 2. The lowest BCUT2D eigenvalue weighted by molar-refractivity contribution is -0.120. The van der Waals surface area contributed by atoms with Crippen molar-refractivity contribution in [2.45, 2.75) is 54.9 Å². The van der Waals surface area contributed by atoms with Gasteiger partial charge in [-0.15, -0.1) is 0 Å².